The van der Waals surface area contributed by atoms with Crippen molar-refractivity contribution in [2.45, 2.75) is 88.7 Å². The van der Waals surface area contributed by atoms with E-state index >= 15 is 0 Å². The summed E-state index contributed by atoms with van der Waals surface area (Å²) >= 11 is 0. The molecule has 19 heteroatoms. The lowest BCUT2D eigenvalue weighted by molar-refractivity contribution is 0.0533. The number of carbonyl (C=O) groups excluding carboxylic acids is 2. The maximum atomic E-state index is 13.5. The highest BCUT2D eigenvalue weighted by molar-refractivity contribution is 7.91. The van der Waals surface area contributed by atoms with Crippen LogP contribution in [0.25, 0.3) is 0 Å². The van der Waals surface area contributed by atoms with Crippen molar-refractivity contribution in [2.75, 3.05) is 26.3 Å². The summed E-state index contributed by atoms with van der Waals surface area (Å²) < 4.78 is 76.2. The van der Waals surface area contributed by atoms with Crippen LogP contribution in [-0.2, 0) is 34.5 Å². The third-order valence-electron chi connectivity index (χ3n) is 5.96. The zero-order valence-electron chi connectivity index (χ0n) is 30.1. The SMILES string of the molecule is Cc1cc(OCCCON=C(NC(=O)OC(C)(C)C)NC(=O)OC(C)(C)C)cc(OS(=O)(=O)c2ccccc2S(=O)(=O)N(CCC#N)CCC#N)c1. The Morgan fingerprint density at radius 1 is 0.808 bits per heavy atom. The number of alkyl carbamates (subject to hydrolysis) is 2. The second-order valence-electron chi connectivity index (χ2n) is 12.9. The third-order valence-corrected chi connectivity index (χ3v) is 9.35. The average molecular weight is 765 g/mol. The molecule has 2 N–H and O–H groups in total. The van der Waals surface area contributed by atoms with Gasteiger partial charge in [0.05, 0.1) is 18.7 Å². The quantitative estimate of drug-likeness (QED) is 0.0825. The van der Waals surface area contributed by atoms with E-state index in [1.54, 1.807) is 54.5 Å². The van der Waals surface area contributed by atoms with E-state index in [4.69, 9.17) is 33.8 Å². The molecule has 0 unspecified atom stereocenters. The first-order valence-electron chi connectivity index (χ1n) is 15.9. The fraction of sp³-hybridized carbons (Fsp3) is 0.485. The number of benzene rings is 2. The predicted molar refractivity (Wildman–Crippen MR) is 187 cm³/mol. The van der Waals surface area contributed by atoms with E-state index in [9.17, 15) is 26.4 Å². The maximum absolute atomic E-state index is 13.5. The first-order chi connectivity index (χ1) is 24.2. The number of guanidine groups is 1. The number of nitrogens with zero attached hydrogens (tertiary/aromatic N) is 4. The molecule has 17 nitrogen and oxygen atoms in total. The van der Waals surface area contributed by atoms with Gasteiger partial charge in [0.15, 0.2) is 0 Å². The van der Waals surface area contributed by atoms with Crippen LogP contribution in [0, 0.1) is 29.6 Å². The first-order valence-corrected chi connectivity index (χ1v) is 18.7. The van der Waals surface area contributed by atoms with Gasteiger partial charge in [-0.05, 0) is 83.5 Å². The summed E-state index contributed by atoms with van der Waals surface area (Å²) in [7, 11) is -9.17. The Bertz CT molecular complexity index is 1840. The van der Waals surface area contributed by atoms with Gasteiger partial charge in [0, 0.05) is 38.4 Å². The molecular weight excluding hydrogens is 721 g/mol. The Hall–Kier alpha value is -5.11. The molecule has 0 fully saturated rings. The molecular formula is C33H44N6O11S2. The maximum Gasteiger partial charge on any atom is 0.414 e. The smallest absolute Gasteiger partial charge is 0.414 e. The average Bonchev–Trinajstić information content (AvgIpc) is 3.00. The number of nitriles is 2. The predicted octanol–water partition coefficient (Wildman–Crippen LogP) is 4.69. The lowest BCUT2D eigenvalue weighted by atomic mass is 10.2. The van der Waals surface area contributed by atoms with Crippen LogP contribution in [0.5, 0.6) is 11.5 Å². The minimum absolute atomic E-state index is 0.0376. The first kappa shape index (κ1) is 43.1. The molecule has 0 aromatic heterocycles. The molecule has 0 heterocycles. The minimum atomic E-state index is -4.72. The van der Waals surface area contributed by atoms with Crippen molar-refractivity contribution < 1.29 is 49.7 Å². The number of ether oxygens (including phenoxy) is 3. The molecule has 0 saturated heterocycles. The molecule has 0 aliphatic rings. The van der Waals surface area contributed by atoms with Gasteiger partial charge in [0.1, 0.15) is 39.1 Å². The molecule has 2 rings (SSSR count). The van der Waals surface area contributed by atoms with Crippen LogP contribution in [0.4, 0.5) is 9.59 Å². The zero-order chi connectivity index (χ0) is 39.2. The summed E-state index contributed by atoms with van der Waals surface area (Å²) in [5.41, 5.74) is -1.08. The van der Waals surface area contributed by atoms with Crippen molar-refractivity contribution in [3.63, 3.8) is 0 Å². The van der Waals surface area contributed by atoms with Crippen molar-refractivity contribution in [1.29, 1.82) is 10.5 Å². The molecule has 0 bridgehead atoms. The molecule has 2 aromatic carbocycles. The summed E-state index contributed by atoms with van der Waals surface area (Å²) in [6, 6.07) is 12.9. The van der Waals surface area contributed by atoms with Crippen LogP contribution >= 0.6 is 0 Å². The van der Waals surface area contributed by atoms with Crippen LogP contribution in [0.15, 0.2) is 57.4 Å². The Morgan fingerprint density at radius 2 is 1.33 bits per heavy atom. The Balaban J connectivity index is 2.14. The van der Waals surface area contributed by atoms with Gasteiger partial charge in [-0.2, -0.15) is 23.2 Å². The van der Waals surface area contributed by atoms with Crippen molar-refractivity contribution in [3.8, 4) is 23.6 Å². The highest BCUT2D eigenvalue weighted by Gasteiger charge is 2.32. The topological polar surface area (TPSA) is 236 Å². The van der Waals surface area contributed by atoms with E-state index in [-0.39, 0.29) is 63.0 Å². The molecule has 0 radical (unpaired) electrons. The highest BCUT2D eigenvalue weighted by atomic mass is 32.2. The number of amides is 2. The van der Waals surface area contributed by atoms with E-state index in [2.05, 4.69) is 15.8 Å². The molecule has 52 heavy (non-hydrogen) atoms. The number of carbonyl (C=O) groups is 2. The Morgan fingerprint density at radius 3 is 1.85 bits per heavy atom. The van der Waals surface area contributed by atoms with Crippen LogP contribution in [0.2, 0.25) is 0 Å². The summed E-state index contributed by atoms with van der Waals surface area (Å²) in [5.74, 6) is -0.301. The van der Waals surface area contributed by atoms with Gasteiger partial charge in [-0.1, -0.05) is 12.1 Å². The van der Waals surface area contributed by atoms with Crippen molar-refractivity contribution in [3.05, 3.63) is 48.0 Å². The fourth-order valence-corrected chi connectivity index (χ4v) is 7.16. The molecule has 0 aliphatic carbocycles. The molecule has 0 atom stereocenters. The van der Waals surface area contributed by atoms with Gasteiger partial charge in [0.2, 0.25) is 10.0 Å². The summed E-state index contributed by atoms with van der Waals surface area (Å²) in [5, 5.41) is 26.3. The second-order valence-corrected chi connectivity index (χ2v) is 16.3. The molecule has 0 aliphatic heterocycles. The number of hydrogen-bond acceptors (Lipinski definition) is 14. The van der Waals surface area contributed by atoms with E-state index in [1.165, 1.54) is 24.3 Å². The van der Waals surface area contributed by atoms with Crippen LogP contribution in [0.1, 0.15) is 66.4 Å². The van der Waals surface area contributed by atoms with Gasteiger partial charge < -0.3 is 23.2 Å². The molecule has 0 saturated carbocycles. The number of rotatable bonds is 15. The minimum Gasteiger partial charge on any atom is -0.493 e. The number of nitrogens with one attached hydrogen (secondary N) is 2. The van der Waals surface area contributed by atoms with Crippen molar-refractivity contribution >= 4 is 38.3 Å². The van der Waals surface area contributed by atoms with Crippen molar-refractivity contribution in [2.24, 2.45) is 5.16 Å². The summed E-state index contributed by atoms with van der Waals surface area (Å²) in [6.45, 7) is 11.2. The molecule has 284 valence electrons. The van der Waals surface area contributed by atoms with Crippen LogP contribution in [-0.4, -0.2) is 76.8 Å². The van der Waals surface area contributed by atoms with Gasteiger partial charge >= 0.3 is 22.3 Å². The number of aryl methyl sites for hydroxylation is 1. The molecule has 0 spiro atoms. The number of sulfonamides is 1. The highest BCUT2D eigenvalue weighted by Crippen LogP contribution is 2.30. The van der Waals surface area contributed by atoms with Crippen molar-refractivity contribution in [1.82, 2.24) is 14.9 Å². The van der Waals surface area contributed by atoms with E-state index in [1.807, 2.05) is 12.1 Å². The van der Waals surface area contributed by atoms with Crippen LogP contribution < -0.4 is 19.6 Å². The van der Waals surface area contributed by atoms with E-state index in [0.29, 0.717) is 5.56 Å². The summed E-state index contributed by atoms with van der Waals surface area (Å²) in [4.78, 5) is 28.5. The largest absolute Gasteiger partial charge is 0.493 e. The summed E-state index contributed by atoms with van der Waals surface area (Å²) in [6.07, 6.45) is -1.88. The Labute approximate surface area is 304 Å². The third kappa shape index (κ3) is 15.0. The van der Waals surface area contributed by atoms with Gasteiger partial charge in [-0.3, -0.25) is 10.6 Å². The lowest BCUT2D eigenvalue weighted by Crippen LogP contribution is -2.47. The van der Waals surface area contributed by atoms with Gasteiger partial charge in [0.25, 0.3) is 5.96 Å². The number of oxime groups is 1. The normalized spacial score (nSPS) is 11.7. The fourth-order valence-electron chi connectivity index (χ4n) is 4.03. The van der Waals surface area contributed by atoms with E-state index in [0.717, 1.165) is 16.4 Å². The zero-order valence-corrected chi connectivity index (χ0v) is 31.7. The van der Waals surface area contributed by atoms with E-state index < -0.39 is 53.3 Å². The van der Waals surface area contributed by atoms with Gasteiger partial charge in [-0.15, -0.1) is 0 Å². The van der Waals surface area contributed by atoms with Gasteiger partial charge in [-0.25, -0.2) is 18.0 Å². The monoisotopic (exact) mass is 764 g/mol. The molecule has 2 amide bonds. The number of hydrogen-bond donors (Lipinski definition) is 2. The standard InChI is InChI=1S/C33H44N6O11S2/c1-24-21-25(46-19-12-20-47-38-29(36-30(40)48-32(2,3)4)37-31(41)49-33(5,6)7)23-26(22-24)50-52(44,45)28-14-9-8-13-27(28)51(42,43)39(17-10-15-34)18-11-16-35/h8-9,13-14,21-23H,10-12,17-20H2,1-7H3,(H2,36,37,38,40,41). The Kier molecular flexibility index (Phi) is 15.7. The van der Waals surface area contributed by atoms with Crippen LogP contribution in [0.3, 0.4) is 0 Å². The second kappa shape index (κ2) is 18.9. The molecule has 2 aromatic rings. The lowest BCUT2D eigenvalue weighted by Gasteiger charge is -2.21.